The quantitative estimate of drug-likeness (QED) is 0.907. The van der Waals surface area contributed by atoms with Crippen molar-refractivity contribution in [3.63, 3.8) is 0 Å². The summed E-state index contributed by atoms with van der Waals surface area (Å²) in [7, 11) is 1.62. The molecule has 7 heteroatoms. The molecule has 1 amide bonds. The third-order valence-electron chi connectivity index (χ3n) is 2.58. The van der Waals surface area contributed by atoms with Crippen molar-refractivity contribution >= 4 is 28.2 Å². The molecule has 0 saturated heterocycles. The van der Waals surface area contributed by atoms with Gasteiger partial charge in [-0.25, -0.2) is 14.4 Å². The average Bonchev–Trinajstić information content (AvgIpc) is 2.68. The van der Waals surface area contributed by atoms with E-state index in [4.69, 9.17) is 0 Å². The van der Waals surface area contributed by atoms with Crippen molar-refractivity contribution in [2.45, 2.75) is 13.8 Å². The number of amides is 1. The average molecular weight is 280 g/mol. The number of thiazole rings is 1. The van der Waals surface area contributed by atoms with Crippen molar-refractivity contribution in [1.82, 2.24) is 9.97 Å². The highest BCUT2D eigenvalue weighted by molar-refractivity contribution is 7.15. The van der Waals surface area contributed by atoms with Crippen LogP contribution in [0.1, 0.15) is 20.9 Å². The van der Waals surface area contributed by atoms with Gasteiger partial charge in [0, 0.05) is 11.9 Å². The van der Waals surface area contributed by atoms with Crippen LogP contribution in [0.2, 0.25) is 0 Å². The van der Waals surface area contributed by atoms with Crippen LogP contribution in [0.15, 0.2) is 12.3 Å². The number of halogens is 1. The molecule has 2 rings (SSSR count). The minimum atomic E-state index is -0.560. The Labute approximate surface area is 113 Å². The summed E-state index contributed by atoms with van der Waals surface area (Å²) < 4.78 is 13.2. The molecule has 0 atom stereocenters. The number of anilines is 2. The number of aryl methyl sites for hydroxylation is 2. The Kier molecular flexibility index (Phi) is 3.75. The van der Waals surface area contributed by atoms with Gasteiger partial charge < -0.3 is 5.32 Å². The first-order chi connectivity index (χ1) is 9.01. The van der Waals surface area contributed by atoms with Gasteiger partial charge in [0.2, 0.25) is 0 Å². The van der Waals surface area contributed by atoms with Crippen LogP contribution in [0, 0.1) is 19.7 Å². The molecule has 0 aromatic carbocycles. The van der Waals surface area contributed by atoms with E-state index in [1.54, 1.807) is 7.05 Å². The topological polar surface area (TPSA) is 66.9 Å². The maximum absolute atomic E-state index is 13.2. The predicted molar refractivity (Wildman–Crippen MR) is 73.3 cm³/mol. The first kappa shape index (κ1) is 13.4. The number of pyridine rings is 1. The van der Waals surface area contributed by atoms with Crippen LogP contribution in [-0.2, 0) is 0 Å². The molecule has 0 saturated carbocycles. The molecule has 2 aromatic heterocycles. The third-order valence-corrected chi connectivity index (χ3v) is 3.57. The Morgan fingerprint density at radius 2 is 2.16 bits per heavy atom. The Morgan fingerprint density at radius 3 is 2.74 bits per heavy atom. The Bertz CT molecular complexity index is 607. The van der Waals surface area contributed by atoms with Gasteiger partial charge in [-0.3, -0.25) is 10.1 Å². The highest BCUT2D eigenvalue weighted by Gasteiger charge is 2.15. The fourth-order valence-electron chi connectivity index (χ4n) is 1.50. The van der Waals surface area contributed by atoms with Crippen molar-refractivity contribution in [3.05, 3.63) is 34.2 Å². The molecule has 5 nitrogen and oxygen atoms in total. The molecule has 0 aliphatic carbocycles. The van der Waals surface area contributed by atoms with Gasteiger partial charge in [-0.1, -0.05) is 0 Å². The summed E-state index contributed by atoms with van der Waals surface area (Å²) in [5.74, 6) is -0.676. The van der Waals surface area contributed by atoms with Crippen LogP contribution >= 0.6 is 11.3 Å². The molecule has 0 fully saturated rings. The van der Waals surface area contributed by atoms with Gasteiger partial charge in [-0.2, -0.15) is 0 Å². The summed E-state index contributed by atoms with van der Waals surface area (Å²) >= 11 is 1.38. The molecule has 100 valence electrons. The van der Waals surface area contributed by atoms with E-state index < -0.39 is 11.7 Å². The number of carbonyl (C=O) groups is 1. The normalized spacial score (nSPS) is 10.3. The van der Waals surface area contributed by atoms with Crippen molar-refractivity contribution in [3.8, 4) is 0 Å². The van der Waals surface area contributed by atoms with Crippen LogP contribution in [0.3, 0.4) is 0 Å². The smallest absolute Gasteiger partial charge is 0.261 e. The van der Waals surface area contributed by atoms with Crippen LogP contribution < -0.4 is 10.6 Å². The molecular weight excluding hydrogens is 267 g/mol. The number of hydrogen-bond acceptors (Lipinski definition) is 5. The summed E-state index contributed by atoms with van der Waals surface area (Å²) in [5, 5.41) is 5.89. The van der Waals surface area contributed by atoms with E-state index in [0.29, 0.717) is 10.9 Å². The summed E-state index contributed by atoms with van der Waals surface area (Å²) in [6.07, 6.45) is 1.06. The first-order valence-corrected chi connectivity index (χ1v) is 6.41. The van der Waals surface area contributed by atoms with Crippen molar-refractivity contribution in [1.29, 1.82) is 0 Å². The fourth-order valence-corrected chi connectivity index (χ4v) is 2.31. The molecule has 0 aliphatic rings. The van der Waals surface area contributed by atoms with Gasteiger partial charge in [-0.05, 0) is 19.9 Å². The zero-order valence-corrected chi connectivity index (χ0v) is 11.6. The molecular formula is C12H13FN4OS. The van der Waals surface area contributed by atoms with Crippen LogP contribution in [0.4, 0.5) is 15.3 Å². The van der Waals surface area contributed by atoms with E-state index in [0.717, 1.165) is 22.8 Å². The van der Waals surface area contributed by atoms with E-state index in [2.05, 4.69) is 20.6 Å². The lowest BCUT2D eigenvalue weighted by Crippen LogP contribution is -2.15. The van der Waals surface area contributed by atoms with Gasteiger partial charge >= 0.3 is 0 Å². The van der Waals surface area contributed by atoms with Crippen LogP contribution in [-0.4, -0.2) is 22.9 Å². The van der Waals surface area contributed by atoms with Gasteiger partial charge in [0.1, 0.15) is 11.6 Å². The summed E-state index contributed by atoms with van der Waals surface area (Å²) in [4.78, 5) is 21.1. The van der Waals surface area contributed by atoms with E-state index in [9.17, 15) is 9.18 Å². The van der Waals surface area contributed by atoms with Gasteiger partial charge in [0.15, 0.2) is 5.13 Å². The highest BCUT2D eigenvalue weighted by atomic mass is 32.1. The molecule has 0 radical (unpaired) electrons. The largest absolute Gasteiger partial charge is 0.372 e. The zero-order chi connectivity index (χ0) is 14.0. The van der Waals surface area contributed by atoms with E-state index >= 15 is 0 Å². The zero-order valence-electron chi connectivity index (χ0n) is 10.7. The second-order valence-corrected chi connectivity index (χ2v) is 5.12. The minimum absolute atomic E-state index is 0.146. The van der Waals surface area contributed by atoms with E-state index in [-0.39, 0.29) is 5.56 Å². The molecule has 0 aliphatic heterocycles. The monoisotopic (exact) mass is 280 g/mol. The van der Waals surface area contributed by atoms with Crippen molar-refractivity contribution in [2.24, 2.45) is 0 Å². The lowest BCUT2D eigenvalue weighted by molar-refractivity contribution is 0.102. The molecule has 0 spiro atoms. The number of carbonyl (C=O) groups excluding carboxylic acids is 1. The fraction of sp³-hybridized carbons (Fsp3) is 0.250. The van der Waals surface area contributed by atoms with Gasteiger partial charge in [-0.15, -0.1) is 11.3 Å². The summed E-state index contributed by atoms with van der Waals surface area (Å²) in [6, 6.07) is 1.14. The lowest BCUT2D eigenvalue weighted by atomic mass is 10.2. The second kappa shape index (κ2) is 5.31. The first-order valence-electron chi connectivity index (χ1n) is 5.60. The number of hydrogen-bond donors (Lipinski definition) is 2. The lowest BCUT2D eigenvalue weighted by Gasteiger charge is -2.07. The third kappa shape index (κ3) is 2.87. The number of nitrogens with one attached hydrogen (secondary N) is 2. The SMILES string of the molecule is CNc1ncc(F)cc1C(=O)Nc1nc(C)c(C)s1. The maximum atomic E-state index is 13.2. The van der Waals surface area contributed by atoms with Crippen LogP contribution in [0.25, 0.3) is 0 Å². The standard InChI is InChI=1S/C12H13FN4OS/c1-6-7(2)19-12(16-6)17-11(18)9-4-8(13)5-15-10(9)14-3/h4-5H,1-3H3,(H,14,15)(H,16,17,18). The molecule has 2 N–H and O–H groups in total. The highest BCUT2D eigenvalue weighted by Crippen LogP contribution is 2.22. The molecule has 19 heavy (non-hydrogen) atoms. The van der Waals surface area contributed by atoms with E-state index in [1.165, 1.54) is 11.3 Å². The van der Waals surface area contributed by atoms with Gasteiger partial charge in [0.05, 0.1) is 17.5 Å². The minimum Gasteiger partial charge on any atom is -0.372 e. The van der Waals surface area contributed by atoms with Crippen molar-refractivity contribution in [2.75, 3.05) is 17.7 Å². The molecule has 0 unspecified atom stereocenters. The molecule has 2 heterocycles. The van der Waals surface area contributed by atoms with Crippen LogP contribution in [0.5, 0.6) is 0 Å². The van der Waals surface area contributed by atoms with Crippen molar-refractivity contribution < 1.29 is 9.18 Å². The Morgan fingerprint density at radius 1 is 1.42 bits per heavy atom. The summed E-state index contributed by atoms with van der Waals surface area (Å²) in [5.41, 5.74) is 1.01. The Hall–Kier alpha value is -2.02. The van der Waals surface area contributed by atoms with E-state index in [1.807, 2.05) is 13.8 Å². The number of rotatable bonds is 3. The number of aromatic nitrogens is 2. The maximum Gasteiger partial charge on any atom is 0.261 e. The summed E-state index contributed by atoms with van der Waals surface area (Å²) in [6.45, 7) is 3.79. The number of nitrogens with zero attached hydrogens (tertiary/aromatic N) is 2. The second-order valence-electron chi connectivity index (χ2n) is 3.91. The Balaban J connectivity index is 2.27. The molecule has 2 aromatic rings. The predicted octanol–water partition coefficient (Wildman–Crippen LogP) is 2.59. The molecule has 0 bridgehead atoms. The van der Waals surface area contributed by atoms with Gasteiger partial charge in [0.25, 0.3) is 5.91 Å².